The Bertz CT molecular complexity index is 422. The molecule has 0 fully saturated rings. The van der Waals surface area contributed by atoms with Crippen LogP contribution in [0.5, 0.6) is 0 Å². The maximum absolute atomic E-state index is 2.23. The van der Waals surface area contributed by atoms with Gasteiger partial charge in [-0.25, -0.2) is 0 Å². The first-order valence-electron chi connectivity index (χ1n) is 4.73. The predicted octanol–water partition coefficient (Wildman–Crippen LogP) is 4.24. The van der Waals surface area contributed by atoms with E-state index in [2.05, 4.69) is 53.9 Å². The van der Waals surface area contributed by atoms with Gasteiger partial charge in [0.2, 0.25) is 0 Å². The Morgan fingerprint density at radius 3 is 2.53 bits per heavy atom. The first-order chi connectivity index (χ1) is 7.33. The minimum atomic E-state index is 1.23. The summed E-state index contributed by atoms with van der Waals surface area (Å²) in [5.74, 6) is 0. The molecule has 0 amide bonds. The van der Waals surface area contributed by atoms with E-state index in [0.29, 0.717) is 0 Å². The molecule has 0 aliphatic rings. The van der Waals surface area contributed by atoms with E-state index < -0.39 is 0 Å². The minimum Gasteiger partial charge on any atom is -0.335 e. The maximum atomic E-state index is 2.23. The largest absolute Gasteiger partial charge is 0.335 e. The predicted molar refractivity (Wildman–Crippen MR) is 70.6 cm³/mol. The number of hydrogen-bond donors (Lipinski definition) is 0. The van der Waals surface area contributed by atoms with Crippen molar-refractivity contribution in [2.75, 3.05) is 18.2 Å². The third kappa shape index (κ3) is 2.19. The van der Waals surface area contributed by atoms with E-state index >= 15 is 0 Å². The van der Waals surface area contributed by atoms with Crippen LogP contribution in [-0.4, -0.2) is 13.3 Å². The van der Waals surface area contributed by atoms with Crippen LogP contribution in [0.15, 0.2) is 46.7 Å². The molecule has 1 aromatic carbocycles. The van der Waals surface area contributed by atoms with E-state index in [1.54, 1.807) is 23.1 Å². The van der Waals surface area contributed by atoms with Gasteiger partial charge in [0.05, 0.1) is 0 Å². The van der Waals surface area contributed by atoms with Gasteiger partial charge in [0.1, 0.15) is 5.00 Å². The molecule has 0 unspecified atom stereocenters. The highest BCUT2D eigenvalue weighted by molar-refractivity contribution is 7.99. The van der Waals surface area contributed by atoms with Gasteiger partial charge >= 0.3 is 0 Å². The first kappa shape index (κ1) is 10.6. The van der Waals surface area contributed by atoms with Crippen molar-refractivity contribution in [3.63, 3.8) is 0 Å². The zero-order chi connectivity index (χ0) is 10.7. The van der Waals surface area contributed by atoms with Gasteiger partial charge in [0.25, 0.3) is 0 Å². The number of para-hydroxylation sites is 1. The van der Waals surface area contributed by atoms with Gasteiger partial charge in [-0.05, 0) is 29.8 Å². The second-order valence-corrected chi connectivity index (χ2v) is 4.93. The highest BCUT2D eigenvalue weighted by Crippen LogP contribution is 2.36. The fourth-order valence-corrected chi connectivity index (χ4v) is 3.24. The van der Waals surface area contributed by atoms with Gasteiger partial charge in [-0.3, -0.25) is 0 Å². The Morgan fingerprint density at radius 2 is 1.87 bits per heavy atom. The molecule has 0 N–H and O–H groups in total. The summed E-state index contributed by atoms with van der Waals surface area (Å²) in [5.41, 5.74) is 1.23. The van der Waals surface area contributed by atoms with Crippen molar-refractivity contribution in [1.29, 1.82) is 0 Å². The molecule has 0 radical (unpaired) electrons. The average molecular weight is 235 g/mol. The van der Waals surface area contributed by atoms with E-state index in [9.17, 15) is 0 Å². The highest BCUT2D eigenvalue weighted by atomic mass is 32.2. The van der Waals surface area contributed by atoms with Crippen molar-refractivity contribution in [3.8, 4) is 0 Å². The molecule has 78 valence electrons. The van der Waals surface area contributed by atoms with Gasteiger partial charge in [0.15, 0.2) is 0 Å². The Kier molecular flexibility index (Phi) is 3.34. The number of anilines is 2. The first-order valence-corrected chi connectivity index (χ1v) is 6.83. The smallest absolute Gasteiger partial charge is 0.109 e. The molecule has 0 aliphatic carbocycles. The van der Waals surface area contributed by atoms with Crippen molar-refractivity contribution < 1.29 is 0 Å². The highest BCUT2D eigenvalue weighted by Gasteiger charge is 2.09. The summed E-state index contributed by atoms with van der Waals surface area (Å²) < 4.78 is 0. The molecule has 1 heterocycles. The summed E-state index contributed by atoms with van der Waals surface area (Å²) in [7, 11) is 2.11. The third-order valence-corrected chi connectivity index (χ3v) is 4.17. The SMILES string of the molecule is CSc1ccsc1N(C)c1ccccc1. The summed E-state index contributed by atoms with van der Waals surface area (Å²) in [6.07, 6.45) is 2.12. The Labute approximate surface area is 98.7 Å². The molecular formula is C12H13NS2. The second kappa shape index (κ2) is 4.73. The minimum absolute atomic E-state index is 1.23. The van der Waals surface area contributed by atoms with Crippen LogP contribution < -0.4 is 4.90 Å². The Morgan fingerprint density at radius 1 is 1.13 bits per heavy atom. The van der Waals surface area contributed by atoms with Crippen LogP contribution in [-0.2, 0) is 0 Å². The molecule has 3 heteroatoms. The molecule has 0 saturated heterocycles. The monoisotopic (exact) mass is 235 g/mol. The van der Waals surface area contributed by atoms with Crippen LogP contribution in [0.4, 0.5) is 10.7 Å². The van der Waals surface area contributed by atoms with Crippen molar-refractivity contribution >= 4 is 33.8 Å². The van der Waals surface area contributed by atoms with Gasteiger partial charge < -0.3 is 4.90 Å². The van der Waals surface area contributed by atoms with Crippen LogP contribution in [0, 0.1) is 0 Å². The fourth-order valence-electron chi connectivity index (χ4n) is 1.46. The Hall–Kier alpha value is -0.930. The van der Waals surface area contributed by atoms with Crippen molar-refractivity contribution in [2.24, 2.45) is 0 Å². The van der Waals surface area contributed by atoms with Gasteiger partial charge in [-0.1, -0.05) is 18.2 Å². The van der Waals surface area contributed by atoms with Crippen LogP contribution in [0.3, 0.4) is 0 Å². The van der Waals surface area contributed by atoms with Crippen LogP contribution in [0.1, 0.15) is 0 Å². The average Bonchev–Trinajstić information content (AvgIpc) is 2.77. The van der Waals surface area contributed by atoms with Crippen LogP contribution >= 0.6 is 23.1 Å². The van der Waals surface area contributed by atoms with E-state index in [1.165, 1.54) is 15.6 Å². The van der Waals surface area contributed by atoms with E-state index in [1.807, 2.05) is 6.07 Å². The molecular weight excluding hydrogens is 222 g/mol. The van der Waals surface area contributed by atoms with Crippen LogP contribution in [0.2, 0.25) is 0 Å². The van der Waals surface area contributed by atoms with Crippen molar-refractivity contribution in [2.45, 2.75) is 4.90 Å². The summed E-state index contributed by atoms with van der Waals surface area (Å²) in [5, 5.41) is 3.45. The molecule has 1 aromatic heterocycles. The lowest BCUT2D eigenvalue weighted by atomic mass is 10.3. The fraction of sp³-hybridized carbons (Fsp3) is 0.167. The lowest BCUT2D eigenvalue weighted by Crippen LogP contribution is -2.07. The lowest BCUT2D eigenvalue weighted by Gasteiger charge is -2.18. The molecule has 0 saturated carbocycles. The summed E-state index contributed by atoms with van der Waals surface area (Å²) in [6.45, 7) is 0. The molecule has 15 heavy (non-hydrogen) atoms. The zero-order valence-corrected chi connectivity index (χ0v) is 10.4. The second-order valence-electron chi connectivity index (χ2n) is 3.19. The summed E-state index contributed by atoms with van der Waals surface area (Å²) >= 11 is 3.58. The number of thiophene rings is 1. The number of rotatable bonds is 3. The van der Waals surface area contributed by atoms with Gasteiger partial charge in [0, 0.05) is 17.6 Å². The quantitative estimate of drug-likeness (QED) is 0.732. The number of hydrogen-bond acceptors (Lipinski definition) is 3. The summed E-state index contributed by atoms with van der Waals surface area (Å²) in [4.78, 5) is 3.57. The van der Waals surface area contributed by atoms with Gasteiger partial charge in [-0.15, -0.1) is 23.1 Å². The number of benzene rings is 1. The molecule has 2 rings (SSSR count). The van der Waals surface area contributed by atoms with Gasteiger partial charge in [-0.2, -0.15) is 0 Å². The van der Waals surface area contributed by atoms with Crippen molar-refractivity contribution in [3.05, 3.63) is 41.8 Å². The van der Waals surface area contributed by atoms with E-state index in [4.69, 9.17) is 0 Å². The Balaban J connectivity index is 2.32. The molecule has 2 aromatic rings. The zero-order valence-electron chi connectivity index (χ0n) is 8.81. The molecule has 0 bridgehead atoms. The molecule has 0 aliphatic heterocycles. The standard InChI is InChI=1S/C12H13NS2/c1-13(10-6-4-3-5-7-10)12-11(14-2)8-9-15-12/h3-9H,1-2H3. The van der Waals surface area contributed by atoms with Crippen molar-refractivity contribution in [1.82, 2.24) is 0 Å². The summed E-state index contributed by atoms with van der Waals surface area (Å²) in [6, 6.07) is 12.6. The molecule has 0 spiro atoms. The lowest BCUT2D eigenvalue weighted by molar-refractivity contribution is 1.21. The number of nitrogens with zero attached hydrogens (tertiary/aromatic N) is 1. The molecule has 1 nitrogen and oxygen atoms in total. The normalized spacial score (nSPS) is 10.3. The topological polar surface area (TPSA) is 3.24 Å². The third-order valence-electron chi connectivity index (χ3n) is 2.28. The molecule has 0 atom stereocenters. The van der Waals surface area contributed by atoms with E-state index in [-0.39, 0.29) is 0 Å². The maximum Gasteiger partial charge on any atom is 0.109 e. The number of thioether (sulfide) groups is 1. The van der Waals surface area contributed by atoms with E-state index in [0.717, 1.165) is 0 Å². The van der Waals surface area contributed by atoms with Crippen LogP contribution in [0.25, 0.3) is 0 Å².